The monoisotopic (exact) mass is 618 g/mol. The molecular weight excluding hydrogens is 568 g/mol. The molecule has 3 aliphatic rings. The first-order valence-electron chi connectivity index (χ1n) is 16.0. The lowest BCUT2D eigenvalue weighted by molar-refractivity contribution is -0.192. The van der Waals surface area contributed by atoms with Gasteiger partial charge >= 0.3 is 5.97 Å². The van der Waals surface area contributed by atoms with Crippen molar-refractivity contribution in [3.8, 4) is 11.5 Å². The van der Waals surface area contributed by atoms with E-state index in [4.69, 9.17) is 9.47 Å². The Balaban J connectivity index is 2.02. The smallest absolute Gasteiger partial charge is 0.343 e. The minimum Gasteiger partial charge on any atom is -0.504 e. The van der Waals surface area contributed by atoms with Crippen molar-refractivity contribution in [1.82, 2.24) is 0 Å². The molecule has 4 rings (SSSR count). The Bertz CT molecular complexity index is 1520. The second kappa shape index (κ2) is 12.0. The van der Waals surface area contributed by atoms with Crippen LogP contribution in [0.4, 0.5) is 0 Å². The van der Waals surface area contributed by atoms with E-state index in [1.54, 1.807) is 0 Å². The summed E-state index contributed by atoms with van der Waals surface area (Å²) in [6.45, 7) is 20.0. The number of benzene rings is 1. The number of Topliss-reactive ketones (excluding diaryl/α,β-unsaturated/α-hetero) is 2. The van der Waals surface area contributed by atoms with Crippen LogP contribution >= 0.6 is 0 Å². The number of carbonyl (C=O) groups excluding carboxylic acids is 3. The molecule has 4 atom stereocenters. The minimum atomic E-state index is -1.50. The minimum absolute atomic E-state index is 0.0326. The Hall–Kier alpha value is -3.61. The van der Waals surface area contributed by atoms with E-state index in [0.717, 1.165) is 11.6 Å². The van der Waals surface area contributed by atoms with E-state index in [0.29, 0.717) is 25.7 Å². The second-order valence-electron chi connectivity index (χ2n) is 15.1. The number of carbonyl (C=O) groups is 3. The molecule has 244 valence electrons. The van der Waals surface area contributed by atoms with E-state index in [2.05, 4.69) is 26.0 Å². The third kappa shape index (κ3) is 5.79. The van der Waals surface area contributed by atoms with Crippen LogP contribution in [0.2, 0.25) is 0 Å². The summed E-state index contributed by atoms with van der Waals surface area (Å²) in [7, 11) is 0. The number of hydrogen-bond acceptors (Lipinski definition) is 7. The Morgan fingerprint density at radius 3 is 1.98 bits per heavy atom. The predicted molar refractivity (Wildman–Crippen MR) is 174 cm³/mol. The van der Waals surface area contributed by atoms with E-state index in [-0.39, 0.29) is 46.9 Å². The van der Waals surface area contributed by atoms with Crippen molar-refractivity contribution in [2.24, 2.45) is 28.1 Å². The fraction of sp³-hybridized carbons (Fsp3) is 0.553. The lowest BCUT2D eigenvalue weighted by atomic mass is 9.39. The highest BCUT2D eigenvalue weighted by molar-refractivity contribution is 6.21. The van der Waals surface area contributed by atoms with Crippen LogP contribution in [0.5, 0.6) is 11.5 Å². The van der Waals surface area contributed by atoms with Gasteiger partial charge in [0.05, 0.1) is 11.0 Å². The lowest BCUT2D eigenvalue weighted by Gasteiger charge is -2.63. The van der Waals surface area contributed by atoms with Gasteiger partial charge in [-0.25, -0.2) is 4.79 Å². The number of ketones is 2. The standard InChI is InChI=1S/C38H50O7/c1-22(2)11-14-26-20-37-21-27(15-12-23(3)4)36(9,10)45-32(37)30(44-33(42)25-13-16-28(39)29(40)19-25)31(41)38(34(37)43,35(26,7)8)18-17-24(5)6/h11-13,16-17,19,26-27,39-40H,14-15,18,20-21H2,1-10H3/t26-,27+,37+,38+/m0/s1. The van der Waals surface area contributed by atoms with E-state index < -0.39 is 39.3 Å². The molecule has 7 heteroatoms. The van der Waals surface area contributed by atoms with Gasteiger partial charge < -0.3 is 19.7 Å². The van der Waals surface area contributed by atoms with Crippen LogP contribution in [0.1, 0.15) is 112 Å². The van der Waals surface area contributed by atoms with Gasteiger partial charge in [0, 0.05) is 5.92 Å². The van der Waals surface area contributed by atoms with Crippen molar-refractivity contribution < 1.29 is 34.1 Å². The molecule has 1 aromatic rings. The average Bonchev–Trinajstić information content (AvgIpc) is 2.93. The second-order valence-corrected chi connectivity index (χ2v) is 15.1. The summed E-state index contributed by atoms with van der Waals surface area (Å²) in [6.07, 6.45) is 8.82. The quantitative estimate of drug-likeness (QED) is 0.130. The number of allylic oxidation sites excluding steroid dienone is 8. The van der Waals surface area contributed by atoms with Gasteiger partial charge in [0.1, 0.15) is 11.0 Å². The predicted octanol–water partition coefficient (Wildman–Crippen LogP) is 8.52. The number of fused-ring (bicyclic) bond motifs is 1. The normalized spacial score (nSPS) is 28.0. The van der Waals surface area contributed by atoms with Gasteiger partial charge in [0.15, 0.2) is 23.0 Å². The summed E-state index contributed by atoms with van der Waals surface area (Å²) >= 11 is 0. The highest BCUT2D eigenvalue weighted by Gasteiger charge is 2.74. The van der Waals surface area contributed by atoms with Crippen LogP contribution < -0.4 is 0 Å². The molecule has 2 aliphatic carbocycles. The Kier molecular flexibility index (Phi) is 9.11. The highest BCUT2D eigenvalue weighted by atomic mass is 16.6. The first-order chi connectivity index (χ1) is 20.8. The van der Waals surface area contributed by atoms with Crippen molar-refractivity contribution >= 4 is 17.5 Å². The number of aromatic hydroxyl groups is 2. The third-order valence-corrected chi connectivity index (χ3v) is 10.6. The van der Waals surface area contributed by atoms with Gasteiger partial charge in [0.2, 0.25) is 11.5 Å². The van der Waals surface area contributed by atoms with Crippen LogP contribution in [0.25, 0.3) is 0 Å². The molecule has 0 unspecified atom stereocenters. The zero-order valence-electron chi connectivity index (χ0n) is 28.6. The van der Waals surface area contributed by atoms with Crippen molar-refractivity contribution in [2.75, 3.05) is 0 Å². The summed E-state index contributed by atoms with van der Waals surface area (Å²) < 4.78 is 12.8. The molecule has 1 spiro atoms. The molecule has 1 saturated carbocycles. The third-order valence-electron chi connectivity index (χ3n) is 10.6. The maximum Gasteiger partial charge on any atom is 0.343 e. The van der Waals surface area contributed by atoms with Crippen LogP contribution in [-0.4, -0.2) is 33.3 Å². The zero-order valence-corrected chi connectivity index (χ0v) is 28.6. The first kappa shape index (κ1) is 34.3. The summed E-state index contributed by atoms with van der Waals surface area (Å²) in [5, 5.41) is 19.9. The van der Waals surface area contributed by atoms with E-state index in [1.165, 1.54) is 23.3 Å². The molecule has 0 amide bonds. The fourth-order valence-corrected chi connectivity index (χ4v) is 7.55. The molecule has 2 fully saturated rings. The van der Waals surface area contributed by atoms with Crippen LogP contribution in [-0.2, 0) is 19.1 Å². The maximum atomic E-state index is 15.3. The van der Waals surface area contributed by atoms with E-state index in [9.17, 15) is 15.0 Å². The van der Waals surface area contributed by atoms with Gasteiger partial charge in [-0.1, -0.05) is 48.8 Å². The Morgan fingerprint density at radius 1 is 0.867 bits per heavy atom. The summed E-state index contributed by atoms with van der Waals surface area (Å²) in [6, 6.07) is 3.60. The van der Waals surface area contributed by atoms with Crippen molar-refractivity contribution in [2.45, 2.75) is 107 Å². The van der Waals surface area contributed by atoms with Crippen molar-refractivity contribution in [1.29, 1.82) is 0 Å². The topological polar surface area (TPSA) is 110 Å². The molecule has 2 bridgehead atoms. The highest BCUT2D eigenvalue weighted by Crippen LogP contribution is 2.69. The zero-order chi connectivity index (χ0) is 33.7. The number of hydrogen-bond donors (Lipinski definition) is 2. The SMILES string of the molecule is CC(C)=CC[C@@H]1C[C@]23C[C@H](CC=C(C)C)C(C)(C)[C@](CC=C(C)C)(C(=O)C(OC(=O)c4ccc(O)c(O)c4)=C2OC1(C)C)C3=O. The summed E-state index contributed by atoms with van der Waals surface area (Å²) in [5.74, 6) is -2.58. The van der Waals surface area contributed by atoms with Gasteiger partial charge in [-0.2, -0.15) is 0 Å². The molecule has 2 N–H and O–H groups in total. The van der Waals surface area contributed by atoms with Crippen LogP contribution in [0.15, 0.2) is 64.7 Å². The number of phenols is 2. The molecule has 7 nitrogen and oxygen atoms in total. The Morgan fingerprint density at radius 2 is 1.42 bits per heavy atom. The fourth-order valence-electron chi connectivity index (χ4n) is 7.55. The van der Waals surface area contributed by atoms with Crippen LogP contribution in [0.3, 0.4) is 0 Å². The molecule has 1 saturated heterocycles. The average molecular weight is 619 g/mol. The largest absolute Gasteiger partial charge is 0.504 e. The number of esters is 1. The first-order valence-corrected chi connectivity index (χ1v) is 16.0. The number of ether oxygens (including phenoxy) is 2. The van der Waals surface area contributed by atoms with Gasteiger partial charge in [-0.05, 0) is 117 Å². The van der Waals surface area contributed by atoms with E-state index in [1.807, 2.05) is 61.5 Å². The maximum absolute atomic E-state index is 15.3. The molecule has 1 aliphatic heterocycles. The van der Waals surface area contributed by atoms with Crippen molar-refractivity contribution in [3.05, 3.63) is 70.2 Å². The van der Waals surface area contributed by atoms with Gasteiger partial charge in [0.25, 0.3) is 0 Å². The molecular formula is C38H50O7. The molecule has 1 heterocycles. The van der Waals surface area contributed by atoms with Gasteiger partial charge in [-0.15, -0.1) is 0 Å². The Labute approximate surface area is 268 Å². The van der Waals surface area contributed by atoms with Gasteiger partial charge in [-0.3, -0.25) is 9.59 Å². The summed E-state index contributed by atoms with van der Waals surface area (Å²) in [5.41, 5.74) is -0.928. The number of rotatable bonds is 8. The molecule has 0 aromatic heterocycles. The summed E-state index contributed by atoms with van der Waals surface area (Å²) in [4.78, 5) is 43.9. The molecule has 45 heavy (non-hydrogen) atoms. The van der Waals surface area contributed by atoms with Crippen molar-refractivity contribution in [3.63, 3.8) is 0 Å². The lowest BCUT2D eigenvalue weighted by Crippen LogP contribution is -2.69. The molecule has 1 aromatic carbocycles. The van der Waals surface area contributed by atoms with E-state index >= 15 is 9.59 Å². The molecule has 0 radical (unpaired) electrons. The number of phenolic OH excluding ortho intramolecular Hbond substituents is 2. The van der Waals surface area contributed by atoms with Crippen LogP contribution in [0, 0.1) is 28.1 Å².